The number of hydrogen-bond acceptors (Lipinski definition) is 4. The second-order valence-corrected chi connectivity index (χ2v) is 7.92. The Morgan fingerprint density at radius 1 is 1.24 bits per heavy atom. The van der Waals surface area contributed by atoms with E-state index < -0.39 is 10.0 Å². The summed E-state index contributed by atoms with van der Waals surface area (Å²) in [6.45, 7) is 0.421. The number of sulfonamides is 1. The standard InChI is InChI=1S/C15H14N2O2S2/c16-10-12-3-7-15(8-4-12)21(18,19)17(13-5-6-13)11-14-2-1-9-20-14/h1-4,7-9,13H,5-6,11H2. The van der Waals surface area contributed by atoms with Crippen molar-refractivity contribution in [3.05, 3.63) is 52.2 Å². The van der Waals surface area contributed by atoms with Crippen molar-refractivity contribution in [3.63, 3.8) is 0 Å². The van der Waals surface area contributed by atoms with Crippen LogP contribution in [0.25, 0.3) is 0 Å². The SMILES string of the molecule is N#Cc1ccc(S(=O)(=O)N(Cc2cccs2)C2CC2)cc1. The summed E-state index contributed by atoms with van der Waals surface area (Å²) >= 11 is 1.56. The lowest BCUT2D eigenvalue weighted by Crippen LogP contribution is -2.32. The van der Waals surface area contributed by atoms with Gasteiger partial charge in [0.1, 0.15) is 0 Å². The normalized spacial score (nSPS) is 15.0. The molecule has 6 heteroatoms. The minimum atomic E-state index is -3.51. The maximum atomic E-state index is 12.8. The van der Waals surface area contributed by atoms with Crippen LogP contribution in [0.1, 0.15) is 23.3 Å². The highest BCUT2D eigenvalue weighted by molar-refractivity contribution is 7.89. The molecule has 1 aliphatic carbocycles. The van der Waals surface area contributed by atoms with Crippen LogP contribution in [0, 0.1) is 11.3 Å². The molecule has 1 saturated carbocycles. The topological polar surface area (TPSA) is 61.2 Å². The van der Waals surface area contributed by atoms with Crippen molar-refractivity contribution in [1.29, 1.82) is 5.26 Å². The van der Waals surface area contributed by atoms with Gasteiger partial charge in [-0.05, 0) is 48.6 Å². The molecule has 0 radical (unpaired) electrons. The molecule has 0 bridgehead atoms. The molecule has 0 atom stereocenters. The molecule has 4 nitrogen and oxygen atoms in total. The fourth-order valence-electron chi connectivity index (χ4n) is 2.17. The number of rotatable bonds is 5. The predicted octanol–water partition coefficient (Wildman–Crippen LogP) is 2.97. The molecule has 0 N–H and O–H groups in total. The third kappa shape index (κ3) is 3.00. The summed E-state index contributed by atoms with van der Waals surface area (Å²) in [5, 5.41) is 10.8. The first kappa shape index (κ1) is 14.3. The Labute approximate surface area is 128 Å². The smallest absolute Gasteiger partial charge is 0.207 e. The second-order valence-electron chi connectivity index (χ2n) is 5.00. The monoisotopic (exact) mass is 318 g/mol. The van der Waals surface area contributed by atoms with Crippen LogP contribution in [-0.4, -0.2) is 18.8 Å². The van der Waals surface area contributed by atoms with E-state index in [1.165, 1.54) is 12.1 Å². The van der Waals surface area contributed by atoms with Crippen molar-refractivity contribution >= 4 is 21.4 Å². The van der Waals surface area contributed by atoms with Crippen LogP contribution in [0.5, 0.6) is 0 Å². The largest absolute Gasteiger partial charge is 0.243 e. The molecule has 0 saturated heterocycles. The van der Waals surface area contributed by atoms with Crippen LogP contribution in [0.15, 0.2) is 46.7 Å². The summed E-state index contributed by atoms with van der Waals surface area (Å²) in [6, 6.07) is 12.1. The van der Waals surface area contributed by atoms with E-state index in [-0.39, 0.29) is 10.9 Å². The molecule has 0 amide bonds. The maximum absolute atomic E-state index is 12.8. The van der Waals surface area contributed by atoms with Gasteiger partial charge < -0.3 is 0 Å². The molecule has 3 rings (SSSR count). The van der Waals surface area contributed by atoms with Crippen molar-refractivity contribution < 1.29 is 8.42 Å². The van der Waals surface area contributed by atoms with Gasteiger partial charge in [0.05, 0.1) is 16.5 Å². The quantitative estimate of drug-likeness (QED) is 0.851. The molecule has 1 aliphatic rings. The van der Waals surface area contributed by atoms with Crippen LogP contribution in [0.3, 0.4) is 0 Å². The van der Waals surface area contributed by atoms with E-state index in [9.17, 15) is 8.42 Å². The van der Waals surface area contributed by atoms with E-state index in [1.807, 2.05) is 23.6 Å². The van der Waals surface area contributed by atoms with Gasteiger partial charge in [-0.1, -0.05) is 6.07 Å². The molecule has 0 aliphatic heterocycles. The zero-order valence-electron chi connectivity index (χ0n) is 11.3. The molecule has 1 aromatic carbocycles. The minimum Gasteiger partial charge on any atom is -0.207 e. The van der Waals surface area contributed by atoms with Crippen molar-refractivity contribution in [1.82, 2.24) is 4.31 Å². The first-order chi connectivity index (χ1) is 10.1. The lowest BCUT2D eigenvalue weighted by Gasteiger charge is -2.21. The Bertz CT molecular complexity index is 755. The van der Waals surface area contributed by atoms with Gasteiger partial charge >= 0.3 is 0 Å². The van der Waals surface area contributed by atoms with Gasteiger partial charge in [0.15, 0.2) is 0 Å². The maximum Gasteiger partial charge on any atom is 0.243 e. The summed E-state index contributed by atoms with van der Waals surface area (Å²) in [4.78, 5) is 1.30. The Balaban J connectivity index is 1.91. The van der Waals surface area contributed by atoms with Crippen LogP contribution in [0.4, 0.5) is 0 Å². The average Bonchev–Trinajstić information content (AvgIpc) is 3.20. The summed E-state index contributed by atoms with van der Waals surface area (Å²) in [5.41, 5.74) is 0.463. The van der Waals surface area contributed by atoms with E-state index in [2.05, 4.69) is 0 Å². The summed E-state index contributed by atoms with van der Waals surface area (Å²) in [5.74, 6) is 0. The third-order valence-corrected chi connectivity index (χ3v) is 6.21. The fraction of sp³-hybridized carbons (Fsp3) is 0.267. The fourth-order valence-corrected chi connectivity index (χ4v) is 4.61. The van der Waals surface area contributed by atoms with Crippen molar-refractivity contribution in [2.24, 2.45) is 0 Å². The van der Waals surface area contributed by atoms with Gasteiger partial charge in [-0.2, -0.15) is 9.57 Å². The van der Waals surface area contributed by atoms with Crippen molar-refractivity contribution in [3.8, 4) is 6.07 Å². The molecule has 1 fully saturated rings. The summed E-state index contributed by atoms with van der Waals surface area (Å²) < 4.78 is 27.2. The highest BCUT2D eigenvalue weighted by Crippen LogP contribution is 2.34. The molecule has 21 heavy (non-hydrogen) atoms. The highest BCUT2D eigenvalue weighted by Gasteiger charge is 2.38. The lowest BCUT2D eigenvalue weighted by molar-refractivity contribution is 0.401. The molecule has 2 aromatic rings. The zero-order valence-corrected chi connectivity index (χ0v) is 12.9. The first-order valence-corrected chi connectivity index (χ1v) is 8.97. The van der Waals surface area contributed by atoms with Crippen LogP contribution in [-0.2, 0) is 16.6 Å². The van der Waals surface area contributed by atoms with E-state index >= 15 is 0 Å². The molecular weight excluding hydrogens is 304 g/mol. The van der Waals surface area contributed by atoms with Crippen LogP contribution < -0.4 is 0 Å². The van der Waals surface area contributed by atoms with E-state index in [1.54, 1.807) is 27.8 Å². The van der Waals surface area contributed by atoms with Gasteiger partial charge in [0.2, 0.25) is 10.0 Å². The number of nitriles is 1. The van der Waals surface area contributed by atoms with E-state index in [0.29, 0.717) is 12.1 Å². The van der Waals surface area contributed by atoms with Crippen molar-refractivity contribution in [2.45, 2.75) is 30.3 Å². The highest BCUT2D eigenvalue weighted by atomic mass is 32.2. The van der Waals surface area contributed by atoms with Gasteiger partial charge in [-0.25, -0.2) is 8.42 Å². The molecule has 0 unspecified atom stereocenters. The minimum absolute atomic E-state index is 0.104. The molecule has 1 aromatic heterocycles. The molecular formula is C15H14N2O2S2. The zero-order chi connectivity index (χ0) is 14.9. The third-order valence-electron chi connectivity index (χ3n) is 3.44. The van der Waals surface area contributed by atoms with E-state index in [0.717, 1.165) is 17.7 Å². The van der Waals surface area contributed by atoms with E-state index in [4.69, 9.17) is 5.26 Å². The molecule has 1 heterocycles. The van der Waals surface area contributed by atoms with Gasteiger partial charge in [0.25, 0.3) is 0 Å². The number of hydrogen-bond donors (Lipinski definition) is 0. The Morgan fingerprint density at radius 3 is 2.48 bits per heavy atom. The second kappa shape index (κ2) is 5.60. The molecule has 0 spiro atoms. The molecule has 108 valence electrons. The van der Waals surface area contributed by atoms with Crippen molar-refractivity contribution in [2.75, 3.05) is 0 Å². The first-order valence-electron chi connectivity index (χ1n) is 6.65. The Morgan fingerprint density at radius 2 is 1.95 bits per heavy atom. The number of thiophene rings is 1. The number of nitrogens with zero attached hydrogens (tertiary/aromatic N) is 2. The summed E-state index contributed by atoms with van der Waals surface area (Å²) in [6.07, 6.45) is 1.84. The number of benzene rings is 1. The lowest BCUT2D eigenvalue weighted by atomic mass is 10.2. The average molecular weight is 318 g/mol. The Kier molecular flexibility index (Phi) is 3.81. The Hall–Kier alpha value is -1.68. The van der Waals surface area contributed by atoms with Crippen LogP contribution >= 0.6 is 11.3 Å². The predicted molar refractivity (Wildman–Crippen MR) is 81.2 cm³/mol. The van der Waals surface area contributed by atoms with Gasteiger partial charge in [-0.3, -0.25) is 0 Å². The van der Waals surface area contributed by atoms with Gasteiger partial charge in [0, 0.05) is 17.5 Å². The summed E-state index contributed by atoms with van der Waals surface area (Å²) in [7, 11) is -3.51. The van der Waals surface area contributed by atoms with Crippen LogP contribution in [0.2, 0.25) is 0 Å². The van der Waals surface area contributed by atoms with Gasteiger partial charge in [-0.15, -0.1) is 11.3 Å².